The van der Waals surface area contributed by atoms with Gasteiger partial charge in [-0.25, -0.2) is 4.79 Å². The van der Waals surface area contributed by atoms with Gasteiger partial charge in [-0.3, -0.25) is 9.59 Å². The lowest BCUT2D eigenvalue weighted by Crippen LogP contribution is -2.36. The molecule has 0 fully saturated rings. The van der Waals surface area contributed by atoms with E-state index in [9.17, 15) is 14.4 Å². The standard InChI is InChI=1S/C31H60N2O14/c1-31(2,3)47-30(37)33(4)9-11-39-13-15-41-17-19-43-21-23-45-25-27-46-26-24-44-22-20-42-18-16-40-14-12-38-10-5-8-32-28(34)6-7-29(35)36/h5-27H2,1-4H3,(H,32,34)(H,35,36). The van der Waals surface area contributed by atoms with Crippen LogP contribution in [0.15, 0.2) is 0 Å². The first kappa shape index (κ1) is 44.9. The molecule has 0 radical (unpaired) electrons. The Kier molecular flexibility index (Phi) is 30.9. The Hall–Kier alpha value is -2.15. The third-order valence-corrected chi connectivity index (χ3v) is 5.61. The average Bonchev–Trinajstić information content (AvgIpc) is 3.01. The summed E-state index contributed by atoms with van der Waals surface area (Å²) >= 11 is 0. The number of likely N-dealkylation sites (N-methyl/N-ethyl adjacent to an activating group) is 1. The Balaban J connectivity index is 3.18. The zero-order valence-corrected chi connectivity index (χ0v) is 29.0. The van der Waals surface area contributed by atoms with E-state index in [1.54, 1.807) is 7.05 Å². The van der Waals surface area contributed by atoms with Crippen LogP contribution < -0.4 is 5.32 Å². The third-order valence-electron chi connectivity index (χ3n) is 5.61. The molecule has 0 aliphatic carbocycles. The van der Waals surface area contributed by atoms with Gasteiger partial charge >= 0.3 is 12.1 Å². The minimum atomic E-state index is -0.985. The Bertz CT molecular complexity index is 754. The second-order valence-corrected chi connectivity index (χ2v) is 11.0. The van der Waals surface area contributed by atoms with Crippen LogP contribution in [0.5, 0.6) is 0 Å². The molecule has 0 saturated carbocycles. The number of aliphatic carboxylic acids is 1. The second-order valence-electron chi connectivity index (χ2n) is 11.0. The van der Waals surface area contributed by atoms with Crippen molar-refractivity contribution in [2.45, 2.75) is 45.6 Å². The van der Waals surface area contributed by atoms with E-state index in [0.717, 1.165) is 0 Å². The number of rotatable bonds is 34. The normalized spacial score (nSPS) is 11.5. The van der Waals surface area contributed by atoms with E-state index in [4.69, 9.17) is 52.5 Å². The molecule has 16 heteroatoms. The Labute approximate surface area is 279 Å². The summed E-state index contributed by atoms with van der Waals surface area (Å²) in [5.74, 6) is -1.26. The van der Waals surface area contributed by atoms with Crippen LogP contribution in [0, 0.1) is 0 Å². The summed E-state index contributed by atoms with van der Waals surface area (Å²) < 4.78 is 54.3. The van der Waals surface area contributed by atoms with E-state index in [2.05, 4.69) is 5.32 Å². The number of nitrogens with zero attached hydrogens (tertiary/aromatic N) is 1. The van der Waals surface area contributed by atoms with Crippen molar-refractivity contribution in [3.05, 3.63) is 0 Å². The van der Waals surface area contributed by atoms with E-state index in [1.165, 1.54) is 4.90 Å². The number of carboxylic acids is 1. The van der Waals surface area contributed by atoms with E-state index < -0.39 is 11.6 Å². The van der Waals surface area contributed by atoms with Crippen molar-refractivity contribution in [1.29, 1.82) is 0 Å². The fraction of sp³-hybridized carbons (Fsp3) is 0.903. The number of carbonyl (C=O) groups is 3. The molecule has 0 unspecified atom stereocenters. The number of nitrogens with one attached hydrogen (secondary N) is 1. The van der Waals surface area contributed by atoms with Gasteiger partial charge in [0.2, 0.25) is 5.91 Å². The summed E-state index contributed by atoms with van der Waals surface area (Å²) in [6, 6.07) is 0. The van der Waals surface area contributed by atoms with E-state index >= 15 is 0 Å². The molecular formula is C31H60N2O14. The lowest BCUT2D eigenvalue weighted by atomic mass is 10.2. The van der Waals surface area contributed by atoms with Gasteiger partial charge in [0.1, 0.15) is 5.60 Å². The van der Waals surface area contributed by atoms with Crippen LogP contribution in [0.4, 0.5) is 4.79 Å². The maximum Gasteiger partial charge on any atom is 0.410 e. The molecule has 0 rings (SSSR count). The van der Waals surface area contributed by atoms with E-state index in [1.807, 2.05) is 20.8 Å². The SMILES string of the molecule is CN(CCOCCOCCOCCOCCOCCOCCOCCOCCOCCCNC(=O)CCC(=O)O)C(=O)OC(C)(C)C. The zero-order valence-electron chi connectivity index (χ0n) is 29.0. The summed E-state index contributed by atoms with van der Waals surface area (Å²) in [4.78, 5) is 35.1. The van der Waals surface area contributed by atoms with Gasteiger partial charge in [0.05, 0.1) is 119 Å². The van der Waals surface area contributed by atoms with Crippen molar-refractivity contribution in [3.8, 4) is 0 Å². The van der Waals surface area contributed by atoms with Gasteiger partial charge in [-0.15, -0.1) is 0 Å². The quantitative estimate of drug-likeness (QED) is 0.0929. The summed E-state index contributed by atoms with van der Waals surface area (Å²) in [5.41, 5.74) is -0.516. The summed E-state index contributed by atoms with van der Waals surface area (Å²) in [5, 5.41) is 11.2. The molecule has 0 spiro atoms. The molecule has 2 amide bonds. The number of ether oxygens (including phenoxy) is 10. The molecule has 0 aliphatic heterocycles. The number of hydrogen-bond acceptors (Lipinski definition) is 13. The third kappa shape index (κ3) is 36.5. The Morgan fingerprint density at radius 1 is 0.553 bits per heavy atom. The maximum absolute atomic E-state index is 11.8. The minimum Gasteiger partial charge on any atom is -0.481 e. The van der Waals surface area contributed by atoms with Crippen molar-refractivity contribution < 1.29 is 66.9 Å². The van der Waals surface area contributed by atoms with Crippen LogP contribution in [-0.2, 0) is 57.0 Å². The van der Waals surface area contributed by atoms with Gasteiger partial charge < -0.3 is 62.7 Å². The van der Waals surface area contributed by atoms with Gasteiger partial charge in [0.25, 0.3) is 0 Å². The van der Waals surface area contributed by atoms with Crippen molar-refractivity contribution in [3.63, 3.8) is 0 Å². The lowest BCUT2D eigenvalue weighted by molar-refractivity contribution is -0.138. The van der Waals surface area contributed by atoms with Gasteiger partial charge in [-0.1, -0.05) is 0 Å². The molecule has 0 aliphatic rings. The topological polar surface area (TPSA) is 179 Å². The van der Waals surface area contributed by atoms with Crippen LogP contribution in [-0.4, -0.2) is 173 Å². The van der Waals surface area contributed by atoms with Crippen LogP contribution in [0.25, 0.3) is 0 Å². The molecular weight excluding hydrogens is 624 g/mol. The molecule has 0 heterocycles. The largest absolute Gasteiger partial charge is 0.481 e. The maximum atomic E-state index is 11.8. The number of carbonyl (C=O) groups excluding carboxylic acids is 2. The van der Waals surface area contributed by atoms with E-state index in [-0.39, 0.29) is 24.8 Å². The Morgan fingerprint density at radius 3 is 1.23 bits per heavy atom. The number of hydrogen-bond donors (Lipinski definition) is 2. The highest BCUT2D eigenvalue weighted by atomic mass is 16.6. The first-order valence-corrected chi connectivity index (χ1v) is 16.2. The number of carboxylic acid groups (broad SMARTS) is 1. The van der Waals surface area contributed by atoms with Gasteiger partial charge in [-0.05, 0) is 27.2 Å². The molecule has 0 aromatic carbocycles. The molecule has 0 aromatic heterocycles. The van der Waals surface area contributed by atoms with Crippen LogP contribution in [0.3, 0.4) is 0 Å². The van der Waals surface area contributed by atoms with Crippen molar-refractivity contribution in [2.24, 2.45) is 0 Å². The second kappa shape index (κ2) is 32.4. The van der Waals surface area contributed by atoms with Gasteiger partial charge in [0, 0.05) is 33.2 Å². The van der Waals surface area contributed by atoms with E-state index in [0.29, 0.717) is 138 Å². The highest BCUT2D eigenvalue weighted by Crippen LogP contribution is 2.08. The molecule has 0 atom stereocenters. The van der Waals surface area contributed by atoms with Crippen molar-refractivity contribution >= 4 is 18.0 Å². The zero-order chi connectivity index (χ0) is 34.9. The lowest BCUT2D eigenvalue weighted by Gasteiger charge is -2.24. The first-order valence-electron chi connectivity index (χ1n) is 16.2. The molecule has 47 heavy (non-hydrogen) atoms. The monoisotopic (exact) mass is 684 g/mol. The highest BCUT2D eigenvalue weighted by molar-refractivity contribution is 5.80. The Morgan fingerprint density at radius 2 is 0.894 bits per heavy atom. The highest BCUT2D eigenvalue weighted by Gasteiger charge is 2.19. The molecule has 16 nitrogen and oxygen atoms in total. The predicted molar refractivity (Wildman–Crippen MR) is 171 cm³/mol. The summed E-state index contributed by atoms with van der Waals surface area (Å²) in [6.45, 7) is 14.7. The molecule has 0 saturated heterocycles. The molecule has 278 valence electrons. The molecule has 0 bridgehead atoms. The first-order chi connectivity index (χ1) is 22.6. The summed E-state index contributed by atoms with van der Waals surface area (Å²) in [7, 11) is 1.67. The fourth-order valence-corrected chi connectivity index (χ4v) is 3.20. The van der Waals surface area contributed by atoms with Crippen molar-refractivity contribution in [1.82, 2.24) is 10.2 Å². The average molecular weight is 685 g/mol. The fourth-order valence-electron chi connectivity index (χ4n) is 3.20. The van der Waals surface area contributed by atoms with Crippen LogP contribution >= 0.6 is 0 Å². The van der Waals surface area contributed by atoms with Crippen LogP contribution in [0.2, 0.25) is 0 Å². The van der Waals surface area contributed by atoms with Crippen molar-refractivity contribution in [2.75, 3.05) is 139 Å². The van der Waals surface area contributed by atoms with Gasteiger partial charge in [-0.2, -0.15) is 0 Å². The van der Waals surface area contributed by atoms with Gasteiger partial charge in [0.15, 0.2) is 0 Å². The molecule has 0 aromatic rings. The minimum absolute atomic E-state index is 0.0130. The number of amides is 2. The summed E-state index contributed by atoms with van der Waals surface area (Å²) in [6.07, 6.45) is 0.0968. The molecule has 2 N–H and O–H groups in total. The smallest absolute Gasteiger partial charge is 0.410 e. The van der Waals surface area contributed by atoms with Crippen LogP contribution in [0.1, 0.15) is 40.0 Å². The predicted octanol–water partition coefficient (Wildman–Crippen LogP) is 1.37.